The van der Waals surface area contributed by atoms with Gasteiger partial charge < -0.3 is 15.4 Å². The molecule has 0 aromatic carbocycles. The Labute approximate surface area is 191 Å². The average molecular weight is 456 g/mol. The third-order valence-corrected chi connectivity index (χ3v) is 8.91. The van der Waals surface area contributed by atoms with Gasteiger partial charge in [0.2, 0.25) is 0 Å². The van der Waals surface area contributed by atoms with Crippen LogP contribution < -0.4 is 5.73 Å². The first-order valence-electron chi connectivity index (χ1n) is 12.4. The minimum absolute atomic E-state index is 0.135. The first-order valence-corrected chi connectivity index (χ1v) is 12.4. The molecule has 4 unspecified atom stereocenters. The maximum absolute atomic E-state index is 11.3. The molecule has 4 atom stereocenters. The average Bonchev–Trinajstić information content (AvgIpc) is 2.64. The predicted octanol–water partition coefficient (Wildman–Crippen LogP) is 5.07. The van der Waals surface area contributed by atoms with E-state index < -0.39 is 22.9 Å². The summed E-state index contributed by atoms with van der Waals surface area (Å²) in [4.78, 5) is 32.0. The van der Waals surface area contributed by atoms with Crippen LogP contribution in [0.5, 0.6) is 0 Å². The lowest BCUT2D eigenvalue weighted by Gasteiger charge is -2.73. The van der Waals surface area contributed by atoms with Crippen LogP contribution in [0.15, 0.2) is 0 Å². The summed E-state index contributed by atoms with van der Waals surface area (Å²) in [5, 5.41) is 20.6. The van der Waals surface area contributed by atoms with Crippen molar-refractivity contribution in [2.24, 2.45) is 33.3 Å². The Morgan fingerprint density at radius 3 is 1.72 bits per heavy atom. The van der Waals surface area contributed by atoms with Crippen molar-refractivity contribution < 1.29 is 19.8 Å². The van der Waals surface area contributed by atoms with Gasteiger partial charge in [-0.05, 0) is 91.9 Å². The molecule has 0 radical (unpaired) electrons. The number of nitrogens with two attached hydrogens (primary N) is 1. The van der Waals surface area contributed by atoms with Gasteiger partial charge in [-0.3, -0.25) is 0 Å². The zero-order valence-corrected chi connectivity index (χ0v) is 20.0. The van der Waals surface area contributed by atoms with E-state index in [1.165, 1.54) is 19.3 Å². The quantitative estimate of drug-likeness (QED) is 0.285. The van der Waals surface area contributed by atoms with Crippen molar-refractivity contribution in [2.75, 3.05) is 13.2 Å². The summed E-state index contributed by atoms with van der Waals surface area (Å²) in [5.74, 6) is -0.168. The second kappa shape index (κ2) is 9.31. The van der Waals surface area contributed by atoms with Gasteiger partial charge in [0.25, 0.3) is 10.2 Å². The smallest absolute Gasteiger partial charge is 0.294 e. The standard InChI is InChI=1S/C23H41N3O6/c1-4-7-20-12-21(8-5-2)14-22(13-20,9-10-24)17-23(15-20,16-21)18(6-3)19(32-26(29)30)11-31-25(27)28/h18-19H,4-17,24H2,1-3H3. The topological polar surface area (TPSA) is 131 Å². The van der Waals surface area contributed by atoms with Crippen LogP contribution in [-0.4, -0.2) is 29.4 Å². The molecule has 0 aromatic rings. The van der Waals surface area contributed by atoms with E-state index in [9.17, 15) is 20.2 Å². The van der Waals surface area contributed by atoms with Crippen LogP contribution in [0.1, 0.15) is 97.8 Å². The number of rotatable bonds is 14. The summed E-state index contributed by atoms with van der Waals surface area (Å²) in [6.45, 7) is 6.76. The van der Waals surface area contributed by atoms with Crippen LogP contribution in [0.25, 0.3) is 0 Å². The molecule has 0 aromatic heterocycles. The van der Waals surface area contributed by atoms with Crippen LogP contribution in [0.4, 0.5) is 0 Å². The van der Waals surface area contributed by atoms with E-state index in [2.05, 4.69) is 18.7 Å². The molecule has 4 fully saturated rings. The molecule has 4 aliphatic rings. The van der Waals surface area contributed by atoms with E-state index >= 15 is 0 Å². The van der Waals surface area contributed by atoms with Gasteiger partial charge in [-0.15, -0.1) is 20.2 Å². The zero-order valence-electron chi connectivity index (χ0n) is 20.0. The summed E-state index contributed by atoms with van der Waals surface area (Å²) >= 11 is 0. The van der Waals surface area contributed by atoms with E-state index in [1.807, 2.05) is 6.92 Å². The van der Waals surface area contributed by atoms with Crippen molar-refractivity contribution in [1.29, 1.82) is 0 Å². The molecule has 4 saturated carbocycles. The van der Waals surface area contributed by atoms with Crippen molar-refractivity contribution in [2.45, 2.75) is 104 Å². The maximum Gasteiger partial charge on any atom is 0.294 e. The second-order valence-corrected chi connectivity index (χ2v) is 11.4. The Balaban J connectivity index is 2.06. The third kappa shape index (κ3) is 4.68. The molecule has 184 valence electrons. The van der Waals surface area contributed by atoms with Gasteiger partial charge in [-0.25, -0.2) is 0 Å². The van der Waals surface area contributed by atoms with E-state index in [-0.39, 0.29) is 27.6 Å². The van der Waals surface area contributed by atoms with Gasteiger partial charge >= 0.3 is 0 Å². The Morgan fingerprint density at radius 2 is 1.34 bits per heavy atom. The fourth-order valence-electron chi connectivity index (χ4n) is 9.49. The van der Waals surface area contributed by atoms with Crippen molar-refractivity contribution in [3.8, 4) is 0 Å². The first-order chi connectivity index (χ1) is 15.1. The van der Waals surface area contributed by atoms with Crippen molar-refractivity contribution in [3.63, 3.8) is 0 Å². The van der Waals surface area contributed by atoms with Crippen LogP contribution in [-0.2, 0) is 9.68 Å². The minimum atomic E-state index is -0.941. The summed E-state index contributed by atoms with van der Waals surface area (Å²) in [6, 6.07) is 0. The fourth-order valence-corrected chi connectivity index (χ4v) is 9.49. The molecule has 4 aliphatic carbocycles. The van der Waals surface area contributed by atoms with E-state index in [4.69, 9.17) is 10.6 Å². The number of nitrogens with zero attached hydrogens (tertiary/aromatic N) is 2. The number of hydrogen-bond acceptors (Lipinski definition) is 7. The Kier molecular flexibility index (Phi) is 7.27. The molecule has 9 nitrogen and oxygen atoms in total. The summed E-state index contributed by atoms with van der Waals surface area (Å²) in [7, 11) is 0. The van der Waals surface area contributed by atoms with Crippen LogP contribution >= 0.6 is 0 Å². The van der Waals surface area contributed by atoms with Gasteiger partial charge in [0.15, 0.2) is 0 Å². The Morgan fingerprint density at radius 1 is 0.844 bits per heavy atom. The predicted molar refractivity (Wildman–Crippen MR) is 120 cm³/mol. The van der Waals surface area contributed by atoms with Crippen molar-refractivity contribution in [3.05, 3.63) is 20.2 Å². The van der Waals surface area contributed by atoms with Crippen LogP contribution in [0.3, 0.4) is 0 Å². The van der Waals surface area contributed by atoms with Gasteiger partial charge in [0.05, 0.1) is 0 Å². The monoisotopic (exact) mass is 455 g/mol. The van der Waals surface area contributed by atoms with Gasteiger partial charge in [-0.1, -0.05) is 40.0 Å². The largest absolute Gasteiger partial charge is 0.330 e. The van der Waals surface area contributed by atoms with E-state index in [0.29, 0.717) is 13.0 Å². The lowest BCUT2D eigenvalue weighted by Crippen LogP contribution is -2.64. The normalized spacial score (nSPS) is 37.1. The van der Waals surface area contributed by atoms with E-state index in [0.717, 1.165) is 51.4 Å². The molecule has 4 bridgehead atoms. The van der Waals surface area contributed by atoms with E-state index in [1.54, 1.807) is 0 Å². The number of hydrogen-bond donors (Lipinski definition) is 1. The highest BCUT2D eigenvalue weighted by Crippen LogP contribution is 2.78. The summed E-state index contributed by atoms with van der Waals surface area (Å²) in [5.41, 5.74) is 6.61. The van der Waals surface area contributed by atoms with Crippen LogP contribution in [0.2, 0.25) is 0 Å². The van der Waals surface area contributed by atoms with Crippen molar-refractivity contribution in [1.82, 2.24) is 0 Å². The molecule has 4 rings (SSSR count). The van der Waals surface area contributed by atoms with Gasteiger partial charge in [0, 0.05) is 0 Å². The highest BCUT2D eigenvalue weighted by atomic mass is 17.0. The first kappa shape index (κ1) is 25.0. The van der Waals surface area contributed by atoms with Crippen molar-refractivity contribution >= 4 is 0 Å². The Hall–Kier alpha value is -1.64. The zero-order chi connectivity index (χ0) is 23.6. The molecular formula is C23H41N3O6. The molecule has 2 N–H and O–H groups in total. The molecular weight excluding hydrogens is 414 g/mol. The molecule has 9 heteroatoms. The third-order valence-electron chi connectivity index (χ3n) is 8.91. The lowest BCUT2D eigenvalue weighted by atomic mass is 9.32. The molecule has 0 spiro atoms. The molecule has 0 heterocycles. The van der Waals surface area contributed by atoms with Crippen LogP contribution in [0, 0.1) is 47.8 Å². The van der Waals surface area contributed by atoms with Gasteiger partial charge in [0.1, 0.15) is 12.7 Å². The SMILES string of the molecule is CCCC12CC3(CCC)CC(CCN)(C1)CC(C(CC)C(CO[N+](=O)[O-])O[N+](=O)[O-])(C2)C3. The molecule has 0 saturated heterocycles. The Bertz CT molecular complexity index is 638. The fraction of sp³-hybridized carbons (Fsp3) is 1.00. The maximum atomic E-state index is 11.3. The highest BCUT2D eigenvalue weighted by Gasteiger charge is 2.68. The molecule has 0 aliphatic heterocycles. The highest BCUT2D eigenvalue weighted by molar-refractivity contribution is 5.18. The summed E-state index contributed by atoms with van der Waals surface area (Å²) < 4.78 is 0. The summed E-state index contributed by atoms with van der Waals surface area (Å²) in [6.07, 6.45) is 11.9. The minimum Gasteiger partial charge on any atom is -0.330 e. The second-order valence-electron chi connectivity index (χ2n) is 11.4. The van der Waals surface area contributed by atoms with Gasteiger partial charge in [-0.2, -0.15) is 0 Å². The molecule has 32 heavy (non-hydrogen) atoms. The lowest BCUT2D eigenvalue weighted by molar-refractivity contribution is -0.792. The molecule has 0 amide bonds.